The van der Waals surface area contributed by atoms with E-state index in [1.54, 1.807) is 0 Å². The maximum Gasteiger partial charge on any atom is 0.210 e. The summed E-state index contributed by atoms with van der Waals surface area (Å²) in [5.74, 6) is 0. The smallest absolute Gasteiger partial charge is 0.210 e. The van der Waals surface area contributed by atoms with E-state index in [-0.39, 0.29) is 10.8 Å². The Balaban J connectivity index is 1.24. The highest BCUT2D eigenvalue weighted by atomic mass is 15.2. The monoisotopic (exact) mass is 537 g/mol. The summed E-state index contributed by atoms with van der Waals surface area (Å²) in [6.45, 7) is 13.9. The molecule has 2 aliphatic rings. The lowest BCUT2D eigenvalue weighted by Gasteiger charge is -2.30. The van der Waals surface area contributed by atoms with E-state index in [1.165, 1.54) is 55.5 Å². The van der Waals surface area contributed by atoms with Gasteiger partial charge in [-0.15, -0.1) is 0 Å². The Kier molecular flexibility index (Phi) is 6.61. The van der Waals surface area contributed by atoms with Crippen molar-refractivity contribution in [2.24, 2.45) is 0 Å². The largest absolute Gasteiger partial charge is 0.341 e. The second-order valence-electron chi connectivity index (χ2n) is 12.7. The van der Waals surface area contributed by atoms with Crippen LogP contribution in [-0.4, -0.2) is 23.4 Å². The number of fused-ring (bicyclic) bond motifs is 6. The van der Waals surface area contributed by atoms with E-state index in [9.17, 15) is 0 Å². The Morgan fingerprint density at radius 1 is 0.659 bits per heavy atom. The Morgan fingerprint density at radius 2 is 1.24 bits per heavy atom. The minimum Gasteiger partial charge on any atom is -0.341 e. The Bertz CT molecular complexity index is 1820. The molecule has 0 saturated carbocycles. The van der Waals surface area contributed by atoms with Crippen molar-refractivity contribution < 1.29 is 4.58 Å². The predicted octanol–water partition coefficient (Wildman–Crippen LogP) is 9.76. The first kappa shape index (κ1) is 27.0. The summed E-state index contributed by atoms with van der Waals surface area (Å²) in [5, 5.41) is 5.30. The molecule has 0 saturated heterocycles. The van der Waals surface area contributed by atoms with Crippen LogP contribution in [0.15, 0.2) is 121 Å². The normalized spacial score (nSPS) is 18.8. The lowest BCUT2D eigenvalue weighted by Crippen LogP contribution is -2.31. The van der Waals surface area contributed by atoms with Gasteiger partial charge in [-0.1, -0.05) is 98.8 Å². The fourth-order valence-electron chi connectivity index (χ4n) is 7.20. The maximum atomic E-state index is 2.51. The molecule has 2 heterocycles. The van der Waals surface area contributed by atoms with Crippen LogP contribution < -0.4 is 4.90 Å². The third-order valence-corrected chi connectivity index (χ3v) is 9.06. The number of anilines is 1. The summed E-state index contributed by atoms with van der Waals surface area (Å²) in [5.41, 5.74) is 7.97. The van der Waals surface area contributed by atoms with Gasteiger partial charge in [0.1, 0.15) is 7.05 Å². The topological polar surface area (TPSA) is 6.25 Å². The quantitative estimate of drug-likeness (QED) is 0.181. The number of rotatable bonds is 5. The van der Waals surface area contributed by atoms with Crippen LogP contribution in [0, 0.1) is 0 Å². The van der Waals surface area contributed by atoms with Crippen molar-refractivity contribution in [1.82, 2.24) is 0 Å². The lowest BCUT2D eigenvalue weighted by atomic mass is 9.79. The molecular formula is C39H41N2+. The number of hydrogen-bond donors (Lipinski definition) is 0. The highest BCUT2D eigenvalue weighted by Crippen LogP contribution is 2.51. The van der Waals surface area contributed by atoms with Crippen LogP contribution in [0.2, 0.25) is 0 Å². The summed E-state index contributed by atoms with van der Waals surface area (Å²) in [6.07, 6.45) is 15.3. The molecular weight excluding hydrogens is 496 g/mol. The van der Waals surface area contributed by atoms with Gasteiger partial charge in [-0.05, 0) is 73.0 Å². The first-order valence-corrected chi connectivity index (χ1v) is 14.8. The molecule has 206 valence electrons. The molecule has 0 unspecified atom stereocenters. The molecule has 0 atom stereocenters. The molecule has 2 heteroatoms. The first-order valence-electron chi connectivity index (χ1n) is 14.8. The third kappa shape index (κ3) is 4.28. The van der Waals surface area contributed by atoms with E-state index in [0.29, 0.717) is 6.04 Å². The Morgan fingerprint density at radius 3 is 1.93 bits per heavy atom. The zero-order valence-electron chi connectivity index (χ0n) is 25.4. The molecule has 6 rings (SSSR count). The molecule has 0 fully saturated rings. The third-order valence-electron chi connectivity index (χ3n) is 9.06. The van der Waals surface area contributed by atoms with Gasteiger partial charge in [0, 0.05) is 40.5 Å². The summed E-state index contributed by atoms with van der Waals surface area (Å²) in [4.78, 5) is 2.51. The molecule has 0 amide bonds. The Labute approximate surface area is 245 Å². The highest BCUT2D eigenvalue weighted by Gasteiger charge is 2.44. The van der Waals surface area contributed by atoms with Gasteiger partial charge in [0.2, 0.25) is 5.69 Å². The molecule has 4 aromatic rings. The minimum atomic E-state index is -0.0805. The van der Waals surface area contributed by atoms with E-state index < -0.39 is 0 Å². The number of allylic oxidation sites excluding steroid dienone is 8. The van der Waals surface area contributed by atoms with Gasteiger partial charge in [-0.3, -0.25) is 0 Å². The van der Waals surface area contributed by atoms with Gasteiger partial charge < -0.3 is 4.90 Å². The summed E-state index contributed by atoms with van der Waals surface area (Å²) in [6, 6.07) is 26.9. The van der Waals surface area contributed by atoms with Crippen LogP contribution in [0.1, 0.15) is 52.7 Å². The zero-order chi connectivity index (χ0) is 28.9. The number of nitrogens with zero attached hydrogens (tertiary/aromatic N) is 2. The molecule has 41 heavy (non-hydrogen) atoms. The summed E-state index contributed by atoms with van der Waals surface area (Å²) < 4.78 is 2.34. The van der Waals surface area contributed by atoms with Crippen molar-refractivity contribution in [2.45, 2.75) is 58.4 Å². The van der Waals surface area contributed by atoms with Gasteiger partial charge in [0.25, 0.3) is 0 Å². The fourth-order valence-corrected chi connectivity index (χ4v) is 7.20. The minimum absolute atomic E-state index is 0.0664. The van der Waals surface area contributed by atoms with Crippen LogP contribution in [-0.2, 0) is 10.8 Å². The van der Waals surface area contributed by atoms with Crippen LogP contribution in [0.3, 0.4) is 0 Å². The van der Waals surface area contributed by atoms with Gasteiger partial charge in [0.15, 0.2) is 5.71 Å². The average Bonchev–Trinajstić information content (AvgIpc) is 3.31. The van der Waals surface area contributed by atoms with E-state index in [2.05, 4.69) is 173 Å². The van der Waals surface area contributed by atoms with Gasteiger partial charge in [0.05, 0.1) is 5.41 Å². The van der Waals surface area contributed by atoms with Crippen LogP contribution >= 0.6 is 0 Å². The van der Waals surface area contributed by atoms with Crippen molar-refractivity contribution in [2.75, 3.05) is 11.9 Å². The molecule has 0 aliphatic carbocycles. The van der Waals surface area contributed by atoms with Crippen LogP contribution in [0.4, 0.5) is 11.4 Å². The van der Waals surface area contributed by atoms with E-state index in [0.717, 1.165) is 0 Å². The molecule has 0 bridgehead atoms. The summed E-state index contributed by atoms with van der Waals surface area (Å²) >= 11 is 0. The van der Waals surface area contributed by atoms with Crippen molar-refractivity contribution >= 4 is 38.6 Å². The lowest BCUT2D eigenvalue weighted by molar-refractivity contribution is -0.401. The number of hydrogen-bond acceptors (Lipinski definition) is 1. The first-order chi connectivity index (χ1) is 19.6. The average molecular weight is 538 g/mol. The second-order valence-corrected chi connectivity index (χ2v) is 12.7. The SMILES string of the molecule is CC(C)N1C(=CC=CC=CC=CC2=[N+](C)c3ccc4ccccc4c3C2(C)C)C(C)(C)c2c1ccc1ccccc21. The van der Waals surface area contributed by atoms with Crippen molar-refractivity contribution in [3.63, 3.8) is 0 Å². The molecule has 0 aromatic heterocycles. The molecule has 0 radical (unpaired) electrons. The van der Waals surface area contributed by atoms with Gasteiger partial charge in [-0.25, -0.2) is 0 Å². The van der Waals surface area contributed by atoms with E-state index in [1.807, 2.05) is 0 Å². The second kappa shape index (κ2) is 10.0. The van der Waals surface area contributed by atoms with Gasteiger partial charge in [-0.2, -0.15) is 4.58 Å². The standard InChI is InChI=1S/C39H41N2/c1-27(2)41-33-26-24-29-18-14-16-20-31(29)37(33)39(5,6)35(41)22-12-10-8-9-11-21-34-38(3,4)36-30-19-15-13-17-28(30)23-25-32(36)40(34)7/h8-27H,1-7H3/q+1. The molecule has 0 spiro atoms. The highest BCUT2D eigenvalue weighted by molar-refractivity contribution is 6.07. The zero-order valence-corrected chi connectivity index (χ0v) is 25.4. The molecule has 4 aromatic carbocycles. The van der Waals surface area contributed by atoms with Crippen LogP contribution in [0.25, 0.3) is 21.5 Å². The molecule has 0 N–H and O–H groups in total. The molecule has 2 aliphatic heterocycles. The van der Waals surface area contributed by atoms with E-state index >= 15 is 0 Å². The van der Waals surface area contributed by atoms with Crippen molar-refractivity contribution in [3.05, 3.63) is 132 Å². The summed E-state index contributed by atoms with van der Waals surface area (Å²) in [7, 11) is 2.18. The van der Waals surface area contributed by atoms with Crippen LogP contribution in [0.5, 0.6) is 0 Å². The van der Waals surface area contributed by atoms with Gasteiger partial charge >= 0.3 is 0 Å². The van der Waals surface area contributed by atoms with Crippen molar-refractivity contribution in [1.29, 1.82) is 0 Å². The maximum absolute atomic E-state index is 2.51. The Hall–Kier alpha value is -4.17. The van der Waals surface area contributed by atoms with E-state index in [4.69, 9.17) is 0 Å². The predicted molar refractivity (Wildman–Crippen MR) is 178 cm³/mol. The number of benzene rings is 4. The fraction of sp³-hybridized carbons (Fsp3) is 0.256. The van der Waals surface area contributed by atoms with Crippen molar-refractivity contribution in [3.8, 4) is 0 Å². The molecule has 2 nitrogen and oxygen atoms in total.